The van der Waals surface area contributed by atoms with Crippen LogP contribution in [0.3, 0.4) is 0 Å². The van der Waals surface area contributed by atoms with E-state index in [4.69, 9.17) is 11.5 Å². The van der Waals surface area contributed by atoms with Crippen LogP contribution >= 0.6 is 0 Å². The van der Waals surface area contributed by atoms with E-state index in [-0.39, 0.29) is 11.6 Å². The second kappa shape index (κ2) is 4.47. The van der Waals surface area contributed by atoms with Crippen LogP contribution in [-0.4, -0.2) is 22.1 Å². The summed E-state index contributed by atoms with van der Waals surface area (Å²) in [6.07, 6.45) is 5.20. The fourth-order valence-electron chi connectivity index (χ4n) is 1.13. The highest BCUT2D eigenvalue weighted by molar-refractivity contribution is 5.89. The first-order valence-corrected chi connectivity index (χ1v) is 4.48. The minimum absolute atomic E-state index is 0.132. The lowest BCUT2D eigenvalue weighted by atomic mass is 10.2. The molecule has 0 fully saturated rings. The van der Waals surface area contributed by atoms with Gasteiger partial charge in [0.2, 0.25) is 0 Å². The molecule has 0 saturated heterocycles. The monoisotopic (exact) mass is 204 g/mol. The summed E-state index contributed by atoms with van der Waals surface area (Å²) < 4.78 is 0. The molecule has 1 atom stereocenters. The third-order valence-electron chi connectivity index (χ3n) is 1.93. The fraction of sp³-hybridized carbons (Fsp3) is 0.273. The summed E-state index contributed by atoms with van der Waals surface area (Å²) in [5.41, 5.74) is 0.672. The molecule has 0 aliphatic heterocycles. The molecule has 0 spiro atoms. The zero-order valence-corrected chi connectivity index (χ0v) is 8.61. The van der Waals surface area contributed by atoms with E-state index in [1.165, 1.54) is 6.07 Å². The van der Waals surface area contributed by atoms with E-state index >= 15 is 0 Å². The molecule has 1 aromatic heterocycles. The third kappa shape index (κ3) is 2.71. The molecule has 0 saturated carbocycles. The van der Waals surface area contributed by atoms with Crippen molar-refractivity contribution in [1.82, 2.24) is 4.98 Å². The zero-order valence-electron chi connectivity index (χ0n) is 8.61. The first-order chi connectivity index (χ1) is 7.04. The van der Waals surface area contributed by atoms with Crippen molar-refractivity contribution in [2.45, 2.75) is 19.9 Å². The van der Waals surface area contributed by atoms with Gasteiger partial charge >= 0.3 is 5.97 Å². The number of rotatable bonds is 3. The van der Waals surface area contributed by atoms with Crippen LogP contribution in [0.1, 0.15) is 23.0 Å². The minimum Gasteiger partial charge on any atom is -0.478 e. The van der Waals surface area contributed by atoms with E-state index in [2.05, 4.69) is 16.2 Å². The molecule has 1 unspecified atom stereocenters. The number of carbonyl (C=O) groups is 1. The smallest absolute Gasteiger partial charge is 0.337 e. The van der Waals surface area contributed by atoms with Gasteiger partial charge in [-0.2, -0.15) is 0 Å². The van der Waals surface area contributed by atoms with Crippen LogP contribution in [0.25, 0.3) is 0 Å². The van der Waals surface area contributed by atoms with Crippen molar-refractivity contribution in [3.8, 4) is 12.3 Å². The molecule has 4 nitrogen and oxygen atoms in total. The van der Waals surface area contributed by atoms with Crippen molar-refractivity contribution in [2.75, 3.05) is 5.32 Å². The second-order valence-electron chi connectivity index (χ2n) is 3.17. The lowest BCUT2D eigenvalue weighted by Crippen LogP contribution is -2.14. The molecular formula is C11H12N2O2. The van der Waals surface area contributed by atoms with Gasteiger partial charge in [-0.25, -0.2) is 9.78 Å². The van der Waals surface area contributed by atoms with Gasteiger partial charge in [0.15, 0.2) is 0 Å². The predicted molar refractivity (Wildman–Crippen MR) is 57.9 cm³/mol. The Morgan fingerprint density at radius 3 is 2.80 bits per heavy atom. The molecule has 1 heterocycles. The lowest BCUT2D eigenvalue weighted by Gasteiger charge is -2.09. The maximum Gasteiger partial charge on any atom is 0.337 e. The Balaban J connectivity index is 2.93. The topological polar surface area (TPSA) is 62.2 Å². The van der Waals surface area contributed by atoms with Crippen LogP contribution in [0.4, 0.5) is 5.82 Å². The molecule has 1 aromatic rings. The molecule has 0 bridgehead atoms. The highest BCUT2D eigenvalue weighted by Gasteiger charge is 2.08. The van der Waals surface area contributed by atoms with Crippen molar-refractivity contribution >= 4 is 11.8 Å². The first kappa shape index (κ1) is 11.1. The fourth-order valence-corrected chi connectivity index (χ4v) is 1.13. The molecule has 2 N–H and O–H groups in total. The van der Waals surface area contributed by atoms with Crippen molar-refractivity contribution in [2.24, 2.45) is 0 Å². The van der Waals surface area contributed by atoms with E-state index in [0.29, 0.717) is 11.5 Å². The van der Waals surface area contributed by atoms with Gasteiger partial charge in [-0.1, -0.05) is 5.92 Å². The standard InChI is InChI=1S/C11H12N2O2/c1-4-7(2)12-10-6-5-9(11(14)15)8(3)13-10/h1,5-7H,2-3H3,(H,12,13)(H,14,15). The molecule has 15 heavy (non-hydrogen) atoms. The summed E-state index contributed by atoms with van der Waals surface area (Å²) in [6, 6.07) is 2.98. The van der Waals surface area contributed by atoms with Gasteiger partial charge in [0.05, 0.1) is 17.3 Å². The number of hydrogen-bond acceptors (Lipinski definition) is 3. The predicted octanol–water partition coefficient (Wildman–Crippen LogP) is 1.52. The van der Waals surface area contributed by atoms with Crippen molar-refractivity contribution in [1.29, 1.82) is 0 Å². The summed E-state index contributed by atoms with van der Waals surface area (Å²) in [6.45, 7) is 3.47. The second-order valence-corrected chi connectivity index (χ2v) is 3.17. The number of aromatic nitrogens is 1. The first-order valence-electron chi connectivity index (χ1n) is 4.48. The summed E-state index contributed by atoms with van der Waals surface area (Å²) in [4.78, 5) is 14.8. The number of anilines is 1. The molecule has 78 valence electrons. The van der Waals surface area contributed by atoms with E-state index < -0.39 is 5.97 Å². The van der Waals surface area contributed by atoms with Crippen molar-refractivity contribution < 1.29 is 9.90 Å². The molecule has 4 heteroatoms. The molecular weight excluding hydrogens is 192 g/mol. The van der Waals surface area contributed by atoms with Crippen LogP contribution in [0.5, 0.6) is 0 Å². The van der Waals surface area contributed by atoms with Gasteiger partial charge in [-0.3, -0.25) is 0 Å². The summed E-state index contributed by atoms with van der Waals surface area (Å²) in [5, 5.41) is 11.8. The Kier molecular flexibility index (Phi) is 3.29. The maximum absolute atomic E-state index is 10.7. The molecule has 1 rings (SSSR count). The van der Waals surface area contributed by atoms with E-state index in [1.54, 1.807) is 13.0 Å². The van der Waals surface area contributed by atoms with Crippen LogP contribution < -0.4 is 5.32 Å². The Morgan fingerprint density at radius 1 is 1.67 bits per heavy atom. The third-order valence-corrected chi connectivity index (χ3v) is 1.93. The van der Waals surface area contributed by atoms with Gasteiger partial charge in [0.1, 0.15) is 5.82 Å². The lowest BCUT2D eigenvalue weighted by molar-refractivity contribution is 0.0695. The van der Waals surface area contributed by atoms with E-state index in [9.17, 15) is 4.79 Å². The number of aromatic carboxylic acids is 1. The zero-order chi connectivity index (χ0) is 11.4. The molecule has 0 radical (unpaired) electrons. The van der Waals surface area contributed by atoms with Gasteiger partial charge in [-0.05, 0) is 26.0 Å². The maximum atomic E-state index is 10.7. The normalized spacial score (nSPS) is 11.5. The van der Waals surface area contributed by atoms with Gasteiger partial charge in [-0.15, -0.1) is 6.42 Å². The van der Waals surface area contributed by atoms with Crippen LogP contribution in [0, 0.1) is 19.3 Å². The number of carboxylic acid groups (broad SMARTS) is 1. The highest BCUT2D eigenvalue weighted by atomic mass is 16.4. The van der Waals surface area contributed by atoms with E-state index in [0.717, 1.165) is 0 Å². The van der Waals surface area contributed by atoms with Crippen LogP contribution in [0.15, 0.2) is 12.1 Å². The number of carboxylic acids is 1. The van der Waals surface area contributed by atoms with Crippen LogP contribution in [-0.2, 0) is 0 Å². The van der Waals surface area contributed by atoms with Crippen molar-refractivity contribution in [3.05, 3.63) is 23.4 Å². The quantitative estimate of drug-likeness (QED) is 0.733. The Bertz CT molecular complexity index is 421. The Hall–Kier alpha value is -2.02. The number of nitrogens with one attached hydrogen (secondary N) is 1. The number of hydrogen-bond donors (Lipinski definition) is 2. The SMILES string of the molecule is C#CC(C)Nc1ccc(C(=O)O)c(C)n1. The van der Waals surface area contributed by atoms with Crippen LogP contribution in [0.2, 0.25) is 0 Å². The van der Waals surface area contributed by atoms with Gasteiger partial charge < -0.3 is 10.4 Å². The summed E-state index contributed by atoms with van der Waals surface area (Å²) >= 11 is 0. The summed E-state index contributed by atoms with van der Waals surface area (Å²) in [5.74, 6) is 2.11. The van der Waals surface area contributed by atoms with Gasteiger partial charge in [0, 0.05) is 0 Å². The average Bonchev–Trinajstić information content (AvgIpc) is 2.17. The molecule has 0 aromatic carbocycles. The molecule has 0 amide bonds. The van der Waals surface area contributed by atoms with Gasteiger partial charge in [0.25, 0.3) is 0 Å². The number of terminal acetylenes is 1. The Morgan fingerprint density at radius 2 is 2.33 bits per heavy atom. The minimum atomic E-state index is -0.975. The molecule has 0 aliphatic carbocycles. The number of pyridine rings is 1. The summed E-state index contributed by atoms with van der Waals surface area (Å²) in [7, 11) is 0. The highest BCUT2D eigenvalue weighted by Crippen LogP contribution is 2.11. The number of aryl methyl sites for hydroxylation is 1. The number of nitrogens with zero attached hydrogens (tertiary/aromatic N) is 1. The molecule has 0 aliphatic rings. The van der Waals surface area contributed by atoms with E-state index in [1.807, 2.05) is 6.92 Å². The van der Waals surface area contributed by atoms with Crippen molar-refractivity contribution in [3.63, 3.8) is 0 Å². The average molecular weight is 204 g/mol. The Labute approximate surface area is 88.3 Å². The largest absolute Gasteiger partial charge is 0.478 e.